The van der Waals surface area contributed by atoms with Crippen LogP contribution >= 0.6 is 0 Å². The van der Waals surface area contributed by atoms with Crippen LogP contribution in [0.15, 0.2) is 223 Å². The molecule has 1 aromatic heterocycles. The molecule has 0 spiro atoms. The van der Waals surface area contributed by atoms with Gasteiger partial charge in [-0.2, -0.15) is 0 Å². The number of rotatable bonds is 10. The molecule has 5 nitrogen and oxygen atoms in total. The Labute approximate surface area is 401 Å². The number of para-hydroxylation sites is 1. The van der Waals surface area contributed by atoms with E-state index in [1.165, 1.54) is 22.4 Å². The van der Waals surface area contributed by atoms with Crippen molar-refractivity contribution in [3.8, 4) is 39.5 Å². The van der Waals surface area contributed by atoms with Crippen LogP contribution in [0, 0.1) is 6.92 Å². The fourth-order valence-electron chi connectivity index (χ4n) is 9.58. The minimum Gasteiger partial charge on any atom is -0.453 e. The van der Waals surface area contributed by atoms with Gasteiger partial charge in [-0.1, -0.05) is 171 Å². The Hall–Kier alpha value is -8.02. The van der Waals surface area contributed by atoms with Crippen molar-refractivity contribution in [2.24, 2.45) is 0 Å². The van der Waals surface area contributed by atoms with Gasteiger partial charge in [-0.25, -0.2) is 9.97 Å². The molecule has 0 atom stereocenters. The highest BCUT2D eigenvalue weighted by Gasteiger charge is 2.30. The van der Waals surface area contributed by atoms with Gasteiger partial charge in [-0.15, -0.1) is 0 Å². The Morgan fingerprint density at radius 1 is 0.735 bits per heavy atom. The number of anilines is 3. The first-order valence-corrected chi connectivity index (χ1v) is 23.9. The molecular weight excluding hydrogens is 829 g/mol. The zero-order chi connectivity index (χ0) is 46.6. The molecule has 6 aromatic rings. The first kappa shape index (κ1) is 43.9. The first-order chi connectivity index (χ1) is 33.4. The summed E-state index contributed by atoms with van der Waals surface area (Å²) in [6.45, 7) is 10.9. The van der Waals surface area contributed by atoms with E-state index in [0.717, 1.165) is 116 Å². The molecule has 0 unspecified atom stereocenters. The van der Waals surface area contributed by atoms with Gasteiger partial charge in [0.15, 0.2) is 11.6 Å². The predicted molar refractivity (Wildman–Crippen MR) is 287 cm³/mol. The second kappa shape index (κ2) is 19.4. The monoisotopic (exact) mass is 884 g/mol. The van der Waals surface area contributed by atoms with Crippen molar-refractivity contribution in [1.29, 1.82) is 0 Å². The standard InChI is InChI=1S/C63H56N4O/c1-6-8-32-52-43(3)37-39-55-60(47-26-16-12-17-27-47)64-63(65-61(52)55)49-28-22-31-51(41-49)66(44(4)7-2)62-53(45(5)46-24-14-11-15-25-46)33-23-34-54(62)48-38-40-57-59(42-48)68-58-36-21-13-20-35-56(58)67(57)50-29-18-9-10-19-30-50/h7-24,26-29,31-34,36-42H,6,25,30,35H2,1-5H3/b32-8-,44-7+,46-45+. The van der Waals surface area contributed by atoms with Crippen molar-refractivity contribution < 1.29 is 4.74 Å². The second-order valence-corrected chi connectivity index (χ2v) is 17.5. The quantitative estimate of drug-likeness (QED) is 0.137. The molecular formula is C63H56N4O. The van der Waals surface area contributed by atoms with E-state index >= 15 is 0 Å². The van der Waals surface area contributed by atoms with Crippen molar-refractivity contribution in [3.05, 3.63) is 239 Å². The maximum atomic E-state index is 6.91. The molecule has 1 aliphatic heterocycles. The summed E-state index contributed by atoms with van der Waals surface area (Å²) in [5.74, 6) is 2.37. The van der Waals surface area contributed by atoms with Crippen molar-refractivity contribution >= 4 is 39.6 Å². The molecule has 5 heteroatoms. The van der Waals surface area contributed by atoms with Crippen LogP contribution < -0.4 is 14.5 Å². The summed E-state index contributed by atoms with van der Waals surface area (Å²) in [4.78, 5) is 15.6. The number of fused-ring (bicyclic) bond motifs is 2. The number of benzene rings is 5. The van der Waals surface area contributed by atoms with Crippen molar-refractivity contribution in [2.75, 3.05) is 9.80 Å². The third-order valence-electron chi connectivity index (χ3n) is 13.2. The van der Waals surface area contributed by atoms with Crippen LogP contribution in [-0.2, 0) is 0 Å². The average molecular weight is 885 g/mol. The Morgan fingerprint density at radius 2 is 1.53 bits per heavy atom. The summed E-state index contributed by atoms with van der Waals surface area (Å²) in [5.41, 5.74) is 18.6. The summed E-state index contributed by atoms with van der Waals surface area (Å²) in [6, 6.07) is 37.1. The van der Waals surface area contributed by atoms with Crippen LogP contribution in [0.5, 0.6) is 5.75 Å². The van der Waals surface area contributed by atoms with Crippen molar-refractivity contribution in [2.45, 2.75) is 60.3 Å². The van der Waals surface area contributed by atoms with Crippen LogP contribution in [0.3, 0.4) is 0 Å². The Morgan fingerprint density at radius 3 is 2.35 bits per heavy atom. The van der Waals surface area contributed by atoms with Gasteiger partial charge >= 0.3 is 0 Å². The smallest absolute Gasteiger partial charge is 0.160 e. The predicted octanol–water partition coefficient (Wildman–Crippen LogP) is 17.0. The van der Waals surface area contributed by atoms with E-state index in [-0.39, 0.29) is 0 Å². The Bertz CT molecular complexity index is 3310. The van der Waals surface area contributed by atoms with Gasteiger partial charge in [0.05, 0.1) is 28.3 Å². The minimum atomic E-state index is 0.682. The van der Waals surface area contributed by atoms with Gasteiger partial charge in [0.1, 0.15) is 5.76 Å². The molecule has 0 saturated heterocycles. The molecule has 10 rings (SSSR count). The Kier molecular flexibility index (Phi) is 12.5. The van der Waals surface area contributed by atoms with Gasteiger partial charge in [0.2, 0.25) is 0 Å². The molecule has 4 aliphatic rings. The van der Waals surface area contributed by atoms with Gasteiger partial charge in [0, 0.05) is 63.1 Å². The molecule has 0 fully saturated rings. The number of nitrogens with zero attached hydrogens (tertiary/aromatic N) is 4. The zero-order valence-corrected chi connectivity index (χ0v) is 39.6. The van der Waals surface area contributed by atoms with Gasteiger partial charge in [-0.05, 0) is 99.2 Å². The van der Waals surface area contributed by atoms with E-state index in [1.807, 2.05) is 0 Å². The lowest BCUT2D eigenvalue weighted by molar-refractivity contribution is 0.425. The molecule has 334 valence electrons. The highest BCUT2D eigenvalue weighted by Crippen LogP contribution is 2.49. The summed E-state index contributed by atoms with van der Waals surface area (Å²) in [7, 11) is 0. The molecule has 0 radical (unpaired) electrons. The van der Waals surface area contributed by atoms with E-state index in [0.29, 0.717) is 5.82 Å². The molecule has 5 aromatic carbocycles. The molecule has 68 heavy (non-hydrogen) atoms. The SMILES string of the molecule is C/C=C(\C)N(c1cccc(-c2nc(-c3ccccc3)c3ccc(C)c(/C=C\CC)c3n2)c1)c1c(/C(C)=C2\C=CC=CC2)cccc1-c1ccc2c(c1)OC1=C(CC=CC=C1)N2C1=CC=CC=CC1. The van der Waals surface area contributed by atoms with E-state index in [4.69, 9.17) is 14.7 Å². The van der Waals surface area contributed by atoms with Gasteiger partial charge < -0.3 is 14.5 Å². The second-order valence-electron chi connectivity index (χ2n) is 17.5. The highest BCUT2D eigenvalue weighted by atomic mass is 16.5. The number of allylic oxidation sites excluding steroid dienone is 18. The van der Waals surface area contributed by atoms with E-state index in [1.54, 1.807) is 0 Å². The number of aryl methyl sites for hydroxylation is 1. The van der Waals surface area contributed by atoms with Gasteiger partial charge in [-0.3, -0.25) is 0 Å². The summed E-state index contributed by atoms with van der Waals surface area (Å²) in [6.07, 6.45) is 38.0. The number of ether oxygens (including phenoxy) is 1. The fraction of sp³-hybridized carbons (Fsp3) is 0.143. The number of aromatic nitrogens is 2. The van der Waals surface area contributed by atoms with Crippen LogP contribution in [0.4, 0.5) is 17.1 Å². The van der Waals surface area contributed by atoms with Crippen LogP contribution in [-0.4, -0.2) is 9.97 Å². The van der Waals surface area contributed by atoms with Crippen LogP contribution in [0.2, 0.25) is 0 Å². The topological polar surface area (TPSA) is 41.5 Å². The Balaban J connectivity index is 1.17. The normalized spacial score (nSPS) is 16.2. The zero-order valence-electron chi connectivity index (χ0n) is 39.6. The third-order valence-corrected chi connectivity index (χ3v) is 13.2. The third kappa shape index (κ3) is 8.48. The van der Waals surface area contributed by atoms with Crippen LogP contribution in [0.25, 0.3) is 56.3 Å². The van der Waals surface area contributed by atoms with Crippen molar-refractivity contribution in [3.63, 3.8) is 0 Å². The summed E-state index contributed by atoms with van der Waals surface area (Å²) < 4.78 is 6.91. The minimum absolute atomic E-state index is 0.682. The molecule has 0 saturated carbocycles. The maximum absolute atomic E-state index is 6.91. The molecule has 2 heterocycles. The lowest BCUT2D eigenvalue weighted by Crippen LogP contribution is -2.27. The van der Waals surface area contributed by atoms with E-state index in [9.17, 15) is 0 Å². The molecule has 3 aliphatic carbocycles. The molecule has 0 amide bonds. The molecule has 0 bridgehead atoms. The molecule has 0 N–H and O–H groups in total. The summed E-state index contributed by atoms with van der Waals surface area (Å²) in [5, 5.41) is 1.04. The van der Waals surface area contributed by atoms with E-state index in [2.05, 4.69) is 245 Å². The summed E-state index contributed by atoms with van der Waals surface area (Å²) >= 11 is 0. The highest BCUT2D eigenvalue weighted by molar-refractivity contribution is 5.99. The number of hydrogen-bond acceptors (Lipinski definition) is 5. The maximum Gasteiger partial charge on any atom is 0.160 e. The van der Waals surface area contributed by atoms with Gasteiger partial charge in [0.25, 0.3) is 0 Å². The van der Waals surface area contributed by atoms with E-state index < -0.39 is 0 Å². The largest absolute Gasteiger partial charge is 0.453 e. The van der Waals surface area contributed by atoms with Crippen molar-refractivity contribution in [1.82, 2.24) is 9.97 Å². The average Bonchev–Trinajstić information content (AvgIpc) is 3.81. The lowest BCUT2D eigenvalue weighted by Gasteiger charge is -2.36. The lowest BCUT2D eigenvalue weighted by atomic mass is 9.90. The first-order valence-electron chi connectivity index (χ1n) is 23.9. The number of hydrogen-bond donors (Lipinski definition) is 0. The fourth-order valence-corrected chi connectivity index (χ4v) is 9.58. The van der Waals surface area contributed by atoms with Crippen LogP contribution in [0.1, 0.15) is 70.1 Å².